The Bertz CT molecular complexity index is 469. The highest BCUT2D eigenvalue weighted by Crippen LogP contribution is 2.27. The molecule has 1 fully saturated rings. The van der Waals surface area contributed by atoms with Crippen molar-refractivity contribution in [3.63, 3.8) is 0 Å². The Hall–Kier alpha value is -1.55. The van der Waals surface area contributed by atoms with Crippen molar-refractivity contribution in [2.75, 3.05) is 19.8 Å². The van der Waals surface area contributed by atoms with Crippen molar-refractivity contribution in [1.29, 1.82) is 0 Å². The Morgan fingerprint density at radius 1 is 1.35 bits per heavy atom. The molecule has 1 aromatic rings. The molecule has 0 aliphatic heterocycles. The molecule has 2 rings (SSSR count). The second-order valence-corrected chi connectivity index (χ2v) is 5.39. The minimum absolute atomic E-state index is 0.0280. The molecule has 1 saturated carbocycles. The maximum atomic E-state index is 12.1. The molecule has 20 heavy (non-hydrogen) atoms. The average molecular weight is 277 g/mol. The van der Waals surface area contributed by atoms with Crippen LogP contribution in [0.3, 0.4) is 0 Å². The van der Waals surface area contributed by atoms with Gasteiger partial charge in [0.1, 0.15) is 5.75 Å². The first-order valence-electron chi connectivity index (χ1n) is 7.22. The van der Waals surface area contributed by atoms with E-state index in [2.05, 4.69) is 6.92 Å². The van der Waals surface area contributed by atoms with Crippen LogP contribution in [0.4, 0.5) is 0 Å². The fraction of sp³-hybridized carbons (Fsp3) is 0.562. The number of aliphatic hydroxyl groups excluding tert-OH is 1. The highest BCUT2D eigenvalue weighted by Gasteiger charge is 2.31. The summed E-state index contributed by atoms with van der Waals surface area (Å²) in [6.07, 6.45) is 2.48. The SMILES string of the molecule is Cc1ccc(OCCC(=O)N(CCO)C2CC2)cc1C. The van der Waals surface area contributed by atoms with Gasteiger partial charge in [-0.1, -0.05) is 6.07 Å². The van der Waals surface area contributed by atoms with Crippen LogP contribution < -0.4 is 4.74 Å². The van der Waals surface area contributed by atoms with Crippen molar-refractivity contribution in [3.05, 3.63) is 29.3 Å². The number of aryl methyl sites for hydroxylation is 2. The molecule has 0 heterocycles. The van der Waals surface area contributed by atoms with Gasteiger partial charge in [-0.15, -0.1) is 0 Å². The molecule has 1 aliphatic carbocycles. The Kier molecular flexibility index (Phi) is 5.01. The van der Waals surface area contributed by atoms with E-state index in [1.54, 1.807) is 4.90 Å². The van der Waals surface area contributed by atoms with Crippen molar-refractivity contribution >= 4 is 5.91 Å². The van der Waals surface area contributed by atoms with Crippen LogP contribution in [0, 0.1) is 13.8 Å². The Morgan fingerprint density at radius 2 is 2.10 bits per heavy atom. The van der Waals surface area contributed by atoms with E-state index in [0.29, 0.717) is 25.6 Å². The van der Waals surface area contributed by atoms with Crippen molar-refractivity contribution in [1.82, 2.24) is 4.90 Å². The van der Waals surface area contributed by atoms with Gasteiger partial charge in [0.05, 0.1) is 19.6 Å². The van der Waals surface area contributed by atoms with E-state index in [1.807, 2.05) is 25.1 Å². The second-order valence-electron chi connectivity index (χ2n) is 5.39. The fourth-order valence-electron chi connectivity index (χ4n) is 2.21. The average Bonchev–Trinajstić information content (AvgIpc) is 3.24. The minimum Gasteiger partial charge on any atom is -0.493 e. The molecule has 0 saturated heterocycles. The maximum Gasteiger partial charge on any atom is 0.226 e. The molecular formula is C16H23NO3. The van der Waals surface area contributed by atoms with E-state index < -0.39 is 0 Å². The topological polar surface area (TPSA) is 49.8 Å². The molecule has 0 radical (unpaired) electrons. The third-order valence-electron chi connectivity index (χ3n) is 3.71. The third kappa shape index (κ3) is 3.97. The highest BCUT2D eigenvalue weighted by molar-refractivity contribution is 5.77. The molecule has 4 nitrogen and oxygen atoms in total. The molecule has 0 unspecified atom stereocenters. The summed E-state index contributed by atoms with van der Waals surface area (Å²) in [7, 11) is 0. The quantitative estimate of drug-likeness (QED) is 0.830. The van der Waals surface area contributed by atoms with E-state index in [-0.39, 0.29) is 12.5 Å². The van der Waals surface area contributed by atoms with E-state index >= 15 is 0 Å². The zero-order chi connectivity index (χ0) is 14.5. The molecule has 1 aliphatic rings. The van der Waals surface area contributed by atoms with Crippen LogP contribution in [0.1, 0.15) is 30.4 Å². The van der Waals surface area contributed by atoms with Gasteiger partial charge in [0.15, 0.2) is 0 Å². The monoisotopic (exact) mass is 277 g/mol. The van der Waals surface area contributed by atoms with E-state index in [0.717, 1.165) is 18.6 Å². The lowest BCUT2D eigenvalue weighted by Crippen LogP contribution is -2.36. The number of carbonyl (C=O) groups is 1. The van der Waals surface area contributed by atoms with Crippen molar-refractivity contribution in [3.8, 4) is 5.75 Å². The maximum absolute atomic E-state index is 12.1. The zero-order valence-corrected chi connectivity index (χ0v) is 12.3. The van der Waals surface area contributed by atoms with Gasteiger partial charge in [0.25, 0.3) is 0 Å². The summed E-state index contributed by atoms with van der Waals surface area (Å²) >= 11 is 0. The van der Waals surface area contributed by atoms with E-state index in [9.17, 15) is 4.79 Å². The molecule has 0 bridgehead atoms. The Balaban J connectivity index is 1.79. The summed E-state index contributed by atoms with van der Waals surface area (Å²) in [6, 6.07) is 6.29. The van der Waals surface area contributed by atoms with Gasteiger partial charge in [0.2, 0.25) is 5.91 Å². The van der Waals surface area contributed by atoms with Crippen LogP contribution in [-0.2, 0) is 4.79 Å². The smallest absolute Gasteiger partial charge is 0.226 e. The number of benzene rings is 1. The number of ether oxygens (including phenoxy) is 1. The molecule has 0 atom stereocenters. The molecule has 0 spiro atoms. The van der Waals surface area contributed by atoms with Crippen molar-refractivity contribution in [2.45, 2.75) is 39.2 Å². The van der Waals surface area contributed by atoms with E-state index in [1.165, 1.54) is 11.1 Å². The number of rotatable bonds is 7. The lowest BCUT2D eigenvalue weighted by molar-refractivity contribution is -0.132. The number of amides is 1. The third-order valence-corrected chi connectivity index (χ3v) is 3.71. The Morgan fingerprint density at radius 3 is 2.70 bits per heavy atom. The number of nitrogens with zero attached hydrogens (tertiary/aromatic N) is 1. The molecule has 4 heteroatoms. The van der Waals surface area contributed by atoms with Crippen LogP contribution in [0.5, 0.6) is 5.75 Å². The van der Waals surface area contributed by atoms with Crippen LogP contribution >= 0.6 is 0 Å². The summed E-state index contributed by atoms with van der Waals surface area (Å²) in [5, 5.41) is 9.00. The predicted octanol–water partition coefficient (Wildman–Crippen LogP) is 2.06. The number of carbonyl (C=O) groups excluding carboxylic acids is 1. The van der Waals surface area contributed by atoms with Gasteiger partial charge < -0.3 is 14.7 Å². The van der Waals surface area contributed by atoms with Crippen LogP contribution in [0.25, 0.3) is 0 Å². The predicted molar refractivity (Wildman–Crippen MR) is 77.8 cm³/mol. The summed E-state index contributed by atoms with van der Waals surface area (Å²) < 4.78 is 5.63. The Labute approximate surface area is 120 Å². The second kappa shape index (κ2) is 6.75. The zero-order valence-electron chi connectivity index (χ0n) is 12.3. The standard InChI is InChI=1S/C16H23NO3/c1-12-3-6-15(11-13(12)2)20-10-7-16(19)17(8-9-18)14-4-5-14/h3,6,11,14,18H,4-5,7-10H2,1-2H3. The van der Waals surface area contributed by atoms with Crippen molar-refractivity contribution < 1.29 is 14.6 Å². The van der Waals surface area contributed by atoms with Gasteiger partial charge in [-0.2, -0.15) is 0 Å². The molecule has 1 N–H and O–H groups in total. The first kappa shape index (κ1) is 14.9. The molecule has 1 amide bonds. The molecule has 1 aromatic carbocycles. The number of hydrogen-bond acceptors (Lipinski definition) is 3. The first-order chi connectivity index (χ1) is 9.61. The van der Waals surface area contributed by atoms with Gasteiger partial charge >= 0.3 is 0 Å². The lowest BCUT2D eigenvalue weighted by Gasteiger charge is -2.21. The molecular weight excluding hydrogens is 254 g/mol. The summed E-state index contributed by atoms with van der Waals surface area (Å²) in [5.74, 6) is 0.881. The lowest BCUT2D eigenvalue weighted by atomic mass is 10.1. The highest BCUT2D eigenvalue weighted by atomic mass is 16.5. The van der Waals surface area contributed by atoms with Crippen LogP contribution in [0.2, 0.25) is 0 Å². The van der Waals surface area contributed by atoms with Gasteiger partial charge in [-0.3, -0.25) is 4.79 Å². The van der Waals surface area contributed by atoms with Crippen molar-refractivity contribution in [2.24, 2.45) is 0 Å². The fourth-order valence-corrected chi connectivity index (χ4v) is 2.21. The first-order valence-corrected chi connectivity index (χ1v) is 7.22. The molecule has 0 aromatic heterocycles. The minimum atomic E-state index is 0.0280. The summed E-state index contributed by atoms with van der Waals surface area (Å²) in [6.45, 7) is 4.96. The summed E-state index contributed by atoms with van der Waals surface area (Å²) in [5.41, 5.74) is 2.42. The van der Waals surface area contributed by atoms with Gasteiger partial charge in [-0.05, 0) is 49.9 Å². The largest absolute Gasteiger partial charge is 0.493 e. The van der Waals surface area contributed by atoms with Crippen LogP contribution in [0.15, 0.2) is 18.2 Å². The van der Waals surface area contributed by atoms with Crippen LogP contribution in [-0.4, -0.2) is 41.7 Å². The number of aliphatic hydroxyl groups is 1. The van der Waals surface area contributed by atoms with Gasteiger partial charge in [-0.25, -0.2) is 0 Å². The normalized spacial score (nSPS) is 14.2. The van der Waals surface area contributed by atoms with E-state index in [4.69, 9.17) is 9.84 Å². The van der Waals surface area contributed by atoms with Gasteiger partial charge in [0, 0.05) is 12.6 Å². The summed E-state index contributed by atoms with van der Waals surface area (Å²) in [4.78, 5) is 13.8. The number of hydrogen-bond donors (Lipinski definition) is 1. The molecule has 110 valence electrons.